The quantitative estimate of drug-likeness (QED) is 0.692. The van der Waals surface area contributed by atoms with Crippen LogP contribution in [0.1, 0.15) is 40.5 Å². The summed E-state index contributed by atoms with van der Waals surface area (Å²) in [5, 5.41) is 1.30. The van der Waals surface area contributed by atoms with Crippen LogP contribution in [0.2, 0.25) is 0 Å². The Balaban J connectivity index is 1.99. The van der Waals surface area contributed by atoms with Crippen molar-refractivity contribution in [1.82, 2.24) is 4.90 Å². The molecule has 0 aliphatic carbocycles. The summed E-state index contributed by atoms with van der Waals surface area (Å²) in [5.74, 6) is 0.269. The largest absolute Gasteiger partial charge is 0.331 e. The first-order chi connectivity index (χ1) is 8.36. The fraction of sp³-hybridized carbons (Fsp3) is 0.357. The Morgan fingerprint density at radius 3 is 3.06 bits per heavy atom. The molecule has 1 saturated heterocycles. The van der Waals surface area contributed by atoms with Gasteiger partial charge in [-0.25, -0.2) is 0 Å². The van der Waals surface area contributed by atoms with Crippen LogP contribution >= 0.6 is 11.3 Å². The van der Waals surface area contributed by atoms with E-state index < -0.39 is 0 Å². The maximum atomic E-state index is 12.3. The number of nitrogens with zero attached hydrogens (tertiary/aromatic N) is 1. The number of hydrogen-bond donors (Lipinski definition) is 0. The molecule has 3 heteroatoms. The monoisotopic (exact) mass is 243 g/mol. The van der Waals surface area contributed by atoms with Gasteiger partial charge in [0, 0.05) is 16.8 Å². The van der Waals surface area contributed by atoms with E-state index in [-0.39, 0.29) is 5.91 Å². The number of benzene rings is 1. The first kappa shape index (κ1) is 9.66. The first-order valence-electron chi connectivity index (χ1n) is 6.18. The normalized spacial score (nSPS) is 22.9. The van der Waals surface area contributed by atoms with Gasteiger partial charge in [-0.05, 0) is 30.7 Å². The molecule has 17 heavy (non-hydrogen) atoms. The molecule has 2 aliphatic rings. The molecular formula is C14H13NOS. The fourth-order valence-corrected chi connectivity index (χ4v) is 4.38. The lowest BCUT2D eigenvalue weighted by Gasteiger charge is -2.30. The zero-order valence-corrected chi connectivity index (χ0v) is 10.3. The molecule has 1 amide bonds. The summed E-state index contributed by atoms with van der Waals surface area (Å²) >= 11 is 1.67. The van der Waals surface area contributed by atoms with Crippen LogP contribution in [-0.2, 0) is 0 Å². The molecule has 1 atom stereocenters. The molecule has 2 aromatic rings. The van der Waals surface area contributed by atoms with Crippen LogP contribution in [-0.4, -0.2) is 17.4 Å². The lowest BCUT2D eigenvalue weighted by atomic mass is 9.97. The summed E-state index contributed by atoms with van der Waals surface area (Å²) in [6, 6.07) is 8.78. The van der Waals surface area contributed by atoms with Crippen molar-refractivity contribution in [3.05, 3.63) is 34.7 Å². The van der Waals surface area contributed by atoms with E-state index in [4.69, 9.17) is 0 Å². The number of carbonyl (C=O) groups is 1. The van der Waals surface area contributed by atoms with Crippen molar-refractivity contribution < 1.29 is 4.79 Å². The molecule has 0 saturated carbocycles. The van der Waals surface area contributed by atoms with Crippen LogP contribution in [0, 0.1) is 0 Å². The van der Waals surface area contributed by atoms with Crippen LogP contribution < -0.4 is 0 Å². The highest BCUT2D eigenvalue weighted by Crippen LogP contribution is 2.47. The Bertz CT molecular complexity index is 616. The van der Waals surface area contributed by atoms with Crippen LogP contribution in [0.15, 0.2) is 24.3 Å². The molecule has 1 aromatic carbocycles. The van der Waals surface area contributed by atoms with Crippen molar-refractivity contribution >= 4 is 27.3 Å². The molecule has 86 valence electrons. The van der Waals surface area contributed by atoms with Crippen molar-refractivity contribution in [2.24, 2.45) is 0 Å². The van der Waals surface area contributed by atoms with Gasteiger partial charge < -0.3 is 4.90 Å². The van der Waals surface area contributed by atoms with E-state index in [0.29, 0.717) is 6.04 Å². The smallest absolute Gasteiger partial charge is 0.264 e. The van der Waals surface area contributed by atoms with Gasteiger partial charge in [0.1, 0.15) is 0 Å². The molecule has 1 aromatic heterocycles. The van der Waals surface area contributed by atoms with E-state index in [9.17, 15) is 4.79 Å². The van der Waals surface area contributed by atoms with E-state index in [1.807, 2.05) is 0 Å². The van der Waals surface area contributed by atoms with Gasteiger partial charge in [-0.2, -0.15) is 0 Å². The Morgan fingerprint density at radius 1 is 1.24 bits per heavy atom. The van der Waals surface area contributed by atoms with Gasteiger partial charge >= 0.3 is 0 Å². The third-order valence-electron chi connectivity index (χ3n) is 3.93. The highest BCUT2D eigenvalue weighted by molar-refractivity contribution is 7.21. The maximum Gasteiger partial charge on any atom is 0.264 e. The van der Waals surface area contributed by atoms with Gasteiger partial charge in [-0.3, -0.25) is 4.79 Å². The zero-order valence-electron chi connectivity index (χ0n) is 9.48. The molecule has 4 rings (SSSR count). The van der Waals surface area contributed by atoms with E-state index >= 15 is 0 Å². The van der Waals surface area contributed by atoms with Crippen molar-refractivity contribution in [3.63, 3.8) is 0 Å². The minimum atomic E-state index is 0.269. The standard InChI is InChI=1S/C14H13NOS/c16-14-13-12(10-6-3-4-8-15(10)14)9-5-1-2-7-11(9)17-13/h1-2,5,7,10H,3-4,6,8H2. The van der Waals surface area contributed by atoms with Gasteiger partial charge in [0.05, 0.1) is 10.9 Å². The summed E-state index contributed by atoms with van der Waals surface area (Å²) < 4.78 is 1.26. The van der Waals surface area contributed by atoms with Gasteiger partial charge in [-0.15, -0.1) is 11.3 Å². The lowest BCUT2D eigenvalue weighted by molar-refractivity contribution is 0.0675. The Kier molecular flexibility index (Phi) is 1.89. The van der Waals surface area contributed by atoms with Crippen LogP contribution in [0.3, 0.4) is 0 Å². The molecule has 1 unspecified atom stereocenters. The second-order valence-corrected chi connectivity index (χ2v) is 5.90. The summed E-state index contributed by atoms with van der Waals surface area (Å²) in [5.41, 5.74) is 1.32. The second kappa shape index (κ2) is 3.33. The number of thiophene rings is 1. The number of fused-ring (bicyclic) bond motifs is 5. The third kappa shape index (κ3) is 1.18. The summed E-state index contributed by atoms with van der Waals surface area (Å²) in [4.78, 5) is 15.4. The average Bonchev–Trinajstić information content (AvgIpc) is 2.88. The van der Waals surface area contributed by atoms with Crippen molar-refractivity contribution in [3.8, 4) is 0 Å². The molecular weight excluding hydrogens is 230 g/mol. The molecule has 0 spiro atoms. The fourth-order valence-electron chi connectivity index (χ4n) is 3.16. The van der Waals surface area contributed by atoms with Gasteiger partial charge in [0.15, 0.2) is 0 Å². The summed E-state index contributed by atoms with van der Waals surface area (Å²) in [6.07, 6.45) is 3.55. The predicted molar refractivity (Wildman–Crippen MR) is 69.5 cm³/mol. The topological polar surface area (TPSA) is 20.3 Å². The third-order valence-corrected chi connectivity index (χ3v) is 5.10. The van der Waals surface area contributed by atoms with Crippen LogP contribution in [0.4, 0.5) is 0 Å². The van der Waals surface area contributed by atoms with Gasteiger partial charge in [0.2, 0.25) is 0 Å². The molecule has 0 radical (unpaired) electrons. The van der Waals surface area contributed by atoms with Gasteiger partial charge in [-0.1, -0.05) is 18.2 Å². The van der Waals surface area contributed by atoms with Crippen molar-refractivity contribution in [2.45, 2.75) is 25.3 Å². The van der Waals surface area contributed by atoms with Crippen molar-refractivity contribution in [1.29, 1.82) is 0 Å². The number of carbonyl (C=O) groups excluding carboxylic acids is 1. The van der Waals surface area contributed by atoms with E-state index in [1.54, 1.807) is 11.3 Å². The van der Waals surface area contributed by atoms with Gasteiger partial charge in [0.25, 0.3) is 5.91 Å². The number of rotatable bonds is 0. The van der Waals surface area contributed by atoms with E-state index in [2.05, 4.69) is 29.2 Å². The lowest BCUT2D eigenvalue weighted by Crippen LogP contribution is -2.32. The Labute approximate surface area is 104 Å². The Morgan fingerprint density at radius 2 is 2.12 bits per heavy atom. The van der Waals surface area contributed by atoms with Crippen molar-refractivity contribution in [2.75, 3.05) is 6.54 Å². The summed E-state index contributed by atoms with van der Waals surface area (Å²) in [7, 11) is 0. The van der Waals surface area contributed by atoms with Crippen LogP contribution in [0.5, 0.6) is 0 Å². The SMILES string of the molecule is O=C1c2sc3ccccc3c2C2CCCCN12. The minimum absolute atomic E-state index is 0.269. The Hall–Kier alpha value is -1.35. The highest BCUT2D eigenvalue weighted by atomic mass is 32.1. The average molecular weight is 243 g/mol. The predicted octanol–water partition coefficient (Wildman–Crippen LogP) is 3.58. The van der Waals surface area contributed by atoms with E-state index in [0.717, 1.165) is 24.3 Å². The number of piperidine rings is 1. The number of amides is 1. The van der Waals surface area contributed by atoms with Crippen LogP contribution in [0.25, 0.3) is 10.1 Å². The number of hydrogen-bond acceptors (Lipinski definition) is 2. The highest BCUT2D eigenvalue weighted by Gasteiger charge is 2.40. The second-order valence-electron chi connectivity index (χ2n) is 4.85. The molecule has 3 heterocycles. The minimum Gasteiger partial charge on any atom is -0.331 e. The first-order valence-corrected chi connectivity index (χ1v) is 7.00. The molecule has 0 N–H and O–H groups in total. The maximum absolute atomic E-state index is 12.3. The molecule has 2 nitrogen and oxygen atoms in total. The zero-order chi connectivity index (χ0) is 11.4. The summed E-state index contributed by atoms with van der Waals surface area (Å²) in [6.45, 7) is 0.944. The molecule has 2 aliphatic heterocycles. The molecule has 0 bridgehead atoms. The molecule has 1 fully saturated rings. The van der Waals surface area contributed by atoms with E-state index in [1.165, 1.54) is 22.1 Å².